The Morgan fingerprint density at radius 3 is 2.63 bits per heavy atom. The molecule has 0 N–H and O–H groups in total. The maximum Gasteiger partial charge on any atom is 0.341 e. The number of carbonyl (C=O) groups excluding carboxylic acids is 1. The second-order valence-electron chi connectivity index (χ2n) is 5.78. The van der Waals surface area contributed by atoms with Gasteiger partial charge in [0, 0.05) is 0 Å². The molecule has 0 radical (unpaired) electrons. The molecule has 1 aliphatic carbocycles. The summed E-state index contributed by atoms with van der Waals surface area (Å²) >= 11 is 0. The Morgan fingerprint density at radius 2 is 2.00 bits per heavy atom. The van der Waals surface area contributed by atoms with E-state index in [4.69, 9.17) is 4.74 Å². The maximum absolute atomic E-state index is 13.7. The summed E-state index contributed by atoms with van der Waals surface area (Å²) in [5, 5.41) is 0. The fourth-order valence-electron chi connectivity index (χ4n) is 2.61. The first-order valence-corrected chi connectivity index (χ1v) is 6.94. The zero-order valence-corrected chi connectivity index (χ0v) is 11.8. The van der Waals surface area contributed by atoms with Crippen molar-refractivity contribution in [3.05, 3.63) is 35.1 Å². The molecule has 1 aliphatic rings. The summed E-state index contributed by atoms with van der Waals surface area (Å²) in [6, 6.07) is 4.59. The smallest absolute Gasteiger partial charge is 0.341 e. The molecule has 2 rings (SSSR count). The van der Waals surface area contributed by atoms with Gasteiger partial charge in [0.25, 0.3) is 0 Å². The summed E-state index contributed by atoms with van der Waals surface area (Å²) in [6.45, 7) is 6.20. The van der Waals surface area contributed by atoms with E-state index in [0.29, 0.717) is 11.8 Å². The van der Waals surface area contributed by atoms with Crippen LogP contribution in [0.4, 0.5) is 4.39 Å². The Morgan fingerprint density at radius 1 is 1.26 bits per heavy atom. The van der Waals surface area contributed by atoms with Gasteiger partial charge < -0.3 is 4.74 Å². The summed E-state index contributed by atoms with van der Waals surface area (Å²) in [5.74, 6) is 0.187. The largest absolute Gasteiger partial charge is 0.459 e. The van der Waals surface area contributed by atoms with E-state index < -0.39 is 11.8 Å². The van der Waals surface area contributed by atoms with Crippen LogP contribution in [0, 0.1) is 24.6 Å². The molecule has 0 amide bonds. The van der Waals surface area contributed by atoms with Gasteiger partial charge in [-0.15, -0.1) is 0 Å². The molecular formula is C16H21FO2. The Labute approximate surface area is 114 Å². The van der Waals surface area contributed by atoms with E-state index in [0.717, 1.165) is 24.8 Å². The zero-order chi connectivity index (χ0) is 14.0. The van der Waals surface area contributed by atoms with Crippen LogP contribution in [0.5, 0.6) is 0 Å². The highest BCUT2D eigenvalue weighted by molar-refractivity contribution is 5.89. The highest BCUT2D eigenvalue weighted by Crippen LogP contribution is 2.31. The molecular weight excluding hydrogens is 243 g/mol. The molecule has 2 nitrogen and oxygen atoms in total. The summed E-state index contributed by atoms with van der Waals surface area (Å²) in [5.41, 5.74) is 0.839. The number of ether oxygens (including phenoxy) is 1. The minimum Gasteiger partial charge on any atom is -0.459 e. The molecule has 0 aliphatic heterocycles. The van der Waals surface area contributed by atoms with Crippen LogP contribution in [0.3, 0.4) is 0 Å². The van der Waals surface area contributed by atoms with Crippen LogP contribution in [0.2, 0.25) is 0 Å². The van der Waals surface area contributed by atoms with Gasteiger partial charge >= 0.3 is 5.97 Å². The monoisotopic (exact) mass is 264 g/mol. The molecule has 104 valence electrons. The normalized spacial score (nSPS) is 27.1. The molecule has 1 fully saturated rings. The maximum atomic E-state index is 13.7. The average molecular weight is 264 g/mol. The van der Waals surface area contributed by atoms with Crippen LogP contribution in [0.25, 0.3) is 0 Å². The van der Waals surface area contributed by atoms with Crippen LogP contribution in [0.1, 0.15) is 49.0 Å². The first-order valence-electron chi connectivity index (χ1n) is 6.94. The topological polar surface area (TPSA) is 26.3 Å². The summed E-state index contributed by atoms with van der Waals surface area (Å²) in [7, 11) is 0. The molecule has 3 unspecified atom stereocenters. The number of benzene rings is 1. The van der Waals surface area contributed by atoms with Gasteiger partial charge in [0.2, 0.25) is 0 Å². The molecule has 0 aromatic heterocycles. The first kappa shape index (κ1) is 14.0. The summed E-state index contributed by atoms with van der Waals surface area (Å²) in [6.07, 6.45) is 2.75. The second-order valence-corrected chi connectivity index (χ2v) is 5.78. The number of aryl methyl sites for hydroxylation is 1. The van der Waals surface area contributed by atoms with Crippen LogP contribution in [-0.2, 0) is 4.74 Å². The summed E-state index contributed by atoms with van der Waals surface area (Å²) < 4.78 is 19.1. The first-order chi connectivity index (χ1) is 8.97. The van der Waals surface area contributed by atoms with Gasteiger partial charge in [-0.25, -0.2) is 9.18 Å². The van der Waals surface area contributed by atoms with Crippen molar-refractivity contribution in [1.82, 2.24) is 0 Å². The fourth-order valence-corrected chi connectivity index (χ4v) is 2.61. The Bertz CT molecular complexity index is 470. The highest BCUT2D eigenvalue weighted by atomic mass is 19.1. The number of carbonyl (C=O) groups is 1. The molecule has 1 aromatic carbocycles. The molecule has 3 atom stereocenters. The predicted molar refractivity (Wildman–Crippen MR) is 72.5 cm³/mol. The van der Waals surface area contributed by atoms with E-state index in [2.05, 4.69) is 13.8 Å². The minimum atomic E-state index is -0.538. The van der Waals surface area contributed by atoms with Crippen LogP contribution in [-0.4, -0.2) is 12.1 Å². The zero-order valence-electron chi connectivity index (χ0n) is 11.8. The average Bonchev–Trinajstić information content (AvgIpc) is 2.33. The van der Waals surface area contributed by atoms with Gasteiger partial charge in [0.15, 0.2) is 0 Å². The van der Waals surface area contributed by atoms with Crippen molar-refractivity contribution in [1.29, 1.82) is 0 Å². The van der Waals surface area contributed by atoms with Gasteiger partial charge in [0.05, 0.1) is 5.56 Å². The van der Waals surface area contributed by atoms with Crippen molar-refractivity contribution in [3.63, 3.8) is 0 Å². The van der Waals surface area contributed by atoms with Crippen LogP contribution in [0.15, 0.2) is 18.2 Å². The molecule has 0 saturated heterocycles. The lowest BCUT2D eigenvalue weighted by Crippen LogP contribution is -2.29. The molecule has 0 bridgehead atoms. The van der Waals surface area contributed by atoms with E-state index in [1.54, 1.807) is 13.0 Å². The molecule has 1 aromatic rings. The van der Waals surface area contributed by atoms with Gasteiger partial charge in [-0.2, -0.15) is 0 Å². The van der Waals surface area contributed by atoms with Crippen molar-refractivity contribution in [2.75, 3.05) is 0 Å². The van der Waals surface area contributed by atoms with Gasteiger partial charge in [-0.3, -0.25) is 0 Å². The van der Waals surface area contributed by atoms with Gasteiger partial charge in [-0.1, -0.05) is 19.9 Å². The van der Waals surface area contributed by atoms with Gasteiger partial charge in [-0.05, 0) is 55.7 Å². The standard InChI is InChI=1S/C16H21FO2/c1-10-4-7-14(15(17)8-10)16(18)19-13-6-5-11(2)12(3)9-13/h4,7-8,11-13H,5-6,9H2,1-3H3. The van der Waals surface area contributed by atoms with Crippen molar-refractivity contribution in [2.24, 2.45) is 11.8 Å². The van der Waals surface area contributed by atoms with Crippen molar-refractivity contribution in [3.8, 4) is 0 Å². The lowest BCUT2D eigenvalue weighted by molar-refractivity contribution is 0.00834. The van der Waals surface area contributed by atoms with E-state index in [-0.39, 0.29) is 11.7 Å². The number of hydrogen-bond donors (Lipinski definition) is 0. The van der Waals surface area contributed by atoms with Gasteiger partial charge in [0.1, 0.15) is 11.9 Å². The van der Waals surface area contributed by atoms with E-state index >= 15 is 0 Å². The van der Waals surface area contributed by atoms with Crippen LogP contribution >= 0.6 is 0 Å². The Balaban J connectivity index is 2.01. The van der Waals surface area contributed by atoms with E-state index in [1.165, 1.54) is 12.1 Å². The third kappa shape index (κ3) is 3.34. The Hall–Kier alpha value is -1.38. The number of esters is 1. The highest BCUT2D eigenvalue weighted by Gasteiger charge is 2.27. The van der Waals surface area contributed by atoms with Crippen molar-refractivity contribution in [2.45, 2.75) is 46.1 Å². The molecule has 19 heavy (non-hydrogen) atoms. The minimum absolute atomic E-state index is 0.0388. The summed E-state index contributed by atoms with van der Waals surface area (Å²) in [4.78, 5) is 12.0. The molecule has 3 heteroatoms. The number of halogens is 1. The number of rotatable bonds is 2. The molecule has 0 spiro atoms. The third-order valence-corrected chi connectivity index (χ3v) is 4.17. The van der Waals surface area contributed by atoms with E-state index in [1.807, 2.05) is 0 Å². The lowest BCUT2D eigenvalue weighted by atomic mass is 9.80. The van der Waals surface area contributed by atoms with E-state index in [9.17, 15) is 9.18 Å². The third-order valence-electron chi connectivity index (χ3n) is 4.17. The molecule has 0 heterocycles. The second kappa shape index (κ2) is 5.72. The SMILES string of the molecule is Cc1ccc(C(=O)OC2CCC(C)C(C)C2)c(F)c1. The number of hydrogen-bond acceptors (Lipinski definition) is 2. The quantitative estimate of drug-likeness (QED) is 0.751. The molecule has 1 saturated carbocycles. The van der Waals surface area contributed by atoms with Crippen LogP contribution < -0.4 is 0 Å². The van der Waals surface area contributed by atoms with Crippen molar-refractivity contribution >= 4 is 5.97 Å². The predicted octanol–water partition coefficient (Wildman–Crippen LogP) is 4.12. The Kier molecular flexibility index (Phi) is 4.23. The van der Waals surface area contributed by atoms with Crippen molar-refractivity contribution < 1.29 is 13.9 Å². The fraction of sp³-hybridized carbons (Fsp3) is 0.562. The lowest BCUT2D eigenvalue weighted by Gasteiger charge is -2.31.